The number of rotatable bonds is 5. The van der Waals surface area contributed by atoms with Gasteiger partial charge in [0.1, 0.15) is 0 Å². The number of benzene rings is 1. The van der Waals surface area contributed by atoms with Gasteiger partial charge in [0, 0.05) is 13.1 Å². The summed E-state index contributed by atoms with van der Waals surface area (Å²) in [6.07, 6.45) is 1.37. The average Bonchev–Trinajstić information content (AvgIpc) is 2.99. The molecule has 0 unspecified atom stereocenters. The number of nitrogens with one attached hydrogen (secondary N) is 2. The van der Waals surface area contributed by atoms with Crippen molar-refractivity contribution in [2.45, 2.75) is 0 Å². The van der Waals surface area contributed by atoms with Crippen LogP contribution in [0.5, 0.6) is 0 Å². The Bertz CT molecular complexity index is 600. The van der Waals surface area contributed by atoms with Crippen LogP contribution in [-0.4, -0.2) is 33.7 Å². The average molecular weight is 291 g/mol. The largest absolute Gasteiger partial charge is 0.351 e. The van der Waals surface area contributed by atoms with Crippen molar-refractivity contribution in [2.24, 2.45) is 5.73 Å². The zero-order valence-corrected chi connectivity index (χ0v) is 11.3. The van der Waals surface area contributed by atoms with E-state index in [-0.39, 0.29) is 11.6 Å². The quantitative estimate of drug-likeness (QED) is 0.742. The van der Waals surface area contributed by atoms with E-state index in [0.717, 1.165) is 11.7 Å². The van der Waals surface area contributed by atoms with E-state index >= 15 is 0 Å². The van der Waals surface area contributed by atoms with Gasteiger partial charge in [-0.1, -0.05) is 12.1 Å². The summed E-state index contributed by atoms with van der Waals surface area (Å²) in [4.78, 5) is 23.9. The number of carbonyl (C=O) groups is 2. The van der Waals surface area contributed by atoms with Gasteiger partial charge in [-0.05, 0) is 12.1 Å². The Morgan fingerprint density at radius 2 is 2.05 bits per heavy atom. The number of amides is 2. The Morgan fingerprint density at radius 1 is 1.25 bits per heavy atom. The Labute approximate surface area is 119 Å². The lowest BCUT2D eigenvalue weighted by atomic mass is 10.1. The van der Waals surface area contributed by atoms with E-state index in [9.17, 15) is 9.59 Å². The maximum Gasteiger partial charge on any atom is 0.277 e. The molecule has 0 radical (unpaired) electrons. The van der Waals surface area contributed by atoms with Crippen molar-refractivity contribution < 1.29 is 9.59 Å². The first-order valence-electron chi connectivity index (χ1n) is 5.88. The first-order chi connectivity index (χ1) is 9.72. The molecule has 8 heteroatoms. The van der Waals surface area contributed by atoms with E-state index in [4.69, 9.17) is 5.73 Å². The summed E-state index contributed by atoms with van der Waals surface area (Å²) in [5.41, 5.74) is 6.34. The van der Waals surface area contributed by atoms with Crippen molar-refractivity contribution in [2.75, 3.05) is 18.4 Å². The highest BCUT2D eigenvalue weighted by atomic mass is 32.1. The molecule has 20 heavy (non-hydrogen) atoms. The normalized spacial score (nSPS) is 10.1. The lowest BCUT2D eigenvalue weighted by molar-refractivity contribution is 0.0955. The molecular formula is C12H13N5O2S. The fourth-order valence-corrected chi connectivity index (χ4v) is 1.93. The molecule has 0 saturated heterocycles. The number of aromatic nitrogens is 2. The molecule has 104 valence electrons. The standard InChI is InChI=1S/C12H13N5O2S/c13-5-6-14-11(18)8-3-1-2-4-9(8)16-12(19)10-7-15-20-17-10/h1-4,7H,5-6,13H2,(H,14,18)(H,16,19). The van der Waals surface area contributed by atoms with Gasteiger partial charge in [0.25, 0.3) is 11.8 Å². The molecule has 1 aromatic carbocycles. The number of hydrogen-bond acceptors (Lipinski definition) is 6. The van der Waals surface area contributed by atoms with Gasteiger partial charge >= 0.3 is 0 Å². The lowest BCUT2D eigenvalue weighted by Gasteiger charge is -2.10. The van der Waals surface area contributed by atoms with Gasteiger partial charge in [0.05, 0.1) is 29.2 Å². The maximum absolute atomic E-state index is 11.9. The molecular weight excluding hydrogens is 278 g/mol. The van der Waals surface area contributed by atoms with Crippen molar-refractivity contribution in [3.05, 3.63) is 41.7 Å². The Hall–Kier alpha value is -2.32. The second kappa shape index (κ2) is 6.73. The first kappa shape index (κ1) is 14.1. The van der Waals surface area contributed by atoms with Crippen molar-refractivity contribution in [1.82, 2.24) is 14.1 Å². The van der Waals surface area contributed by atoms with Crippen LogP contribution in [-0.2, 0) is 0 Å². The zero-order chi connectivity index (χ0) is 14.4. The maximum atomic E-state index is 11.9. The minimum absolute atomic E-state index is 0.215. The summed E-state index contributed by atoms with van der Waals surface area (Å²) in [7, 11) is 0. The number of hydrogen-bond donors (Lipinski definition) is 3. The van der Waals surface area contributed by atoms with E-state index < -0.39 is 5.91 Å². The van der Waals surface area contributed by atoms with E-state index in [1.165, 1.54) is 6.20 Å². The predicted octanol–water partition coefficient (Wildman–Crippen LogP) is 0.479. The minimum Gasteiger partial charge on any atom is -0.351 e. The zero-order valence-electron chi connectivity index (χ0n) is 10.5. The molecule has 2 amide bonds. The molecule has 1 heterocycles. The third-order valence-corrected chi connectivity index (χ3v) is 2.92. The van der Waals surface area contributed by atoms with Crippen LogP contribution in [0.4, 0.5) is 5.69 Å². The molecule has 4 N–H and O–H groups in total. The number of carbonyl (C=O) groups excluding carboxylic acids is 2. The lowest BCUT2D eigenvalue weighted by Crippen LogP contribution is -2.30. The molecule has 7 nitrogen and oxygen atoms in total. The van der Waals surface area contributed by atoms with Gasteiger partial charge in [-0.25, -0.2) is 0 Å². The van der Waals surface area contributed by atoms with Crippen LogP contribution < -0.4 is 16.4 Å². The van der Waals surface area contributed by atoms with Crippen molar-refractivity contribution >= 4 is 29.2 Å². The van der Waals surface area contributed by atoms with Gasteiger partial charge in [0.15, 0.2) is 5.69 Å². The highest BCUT2D eigenvalue weighted by molar-refractivity contribution is 6.99. The number of nitrogens with two attached hydrogens (primary N) is 1. The summed E-state index contributed by atoms with van der Waals surface area (Å²) >= 11 is 0.946. The van der Waals surface area contributed by atoms with Crippen LogP contribution in [0.15, 0.2) is 30.5 Å². The molecule has 1 aromatic heterocycles. The third-order valence-electron chi connectivity index (χ3n) is 2.44. The summed E-state index contributed by atoms with van der Waals surface area (Å²) in [5, 5.41) is 5.30. The van der Waals surface area contributed by atoms with Gasteiger partial charge in [-0.15, -0.1) is 0 Å². The monoisotopic (exact) mass is 291 g/mol. The molecule has 0 aliphatic heterocycles. The van der Waals surface area contributed by atoms with Crippen LogP contribution in [0.2, 0.25) is 0 Å². The summed E-state index contributed by atoms with van der Waals surface area (Å²) in [6.45, 7) is 0.724. The second-order valence-electron chi connectivity index (χ2n) is 3.84. The number of anilines is 1. The summed E-state index contributed by atoms with van der Waals surface area (Å²) in [6, 6.07) is 6.72. The van der Waals surface area contributed by atoms with Gasteiger partial charge < -0.3 is 16.4 Å². The molecule has 0 saturated carbocycles. The SMILES string of the molecule is NCCNC(=O)c1ccccc1NC(=O)c1cnsn1. The van der Waals surface area contributed by atoms with Gasteiger partial charge in [0.2, 0.25) is 0 Å². The fraction of sp³-hybridized carbons (Fsp3) is 0.167. The molecule has 0 aliphatic carbocycles. The number of para-hydroxylation sites is 1. The van der Waals surface area contributed by atoms with Crippen molar-refractivity contribution in [1.29, 1.82) is 0 Å². The van der Waals surface area contributed by atoms with E-state index in [1.54, 1.807) is 24.3 Å². The summed E-state index contributed by atoms with van der Waals surface area (Å²) < 4.78 is 7.60. The van der Waals surface area contributed by atoms with E-state index in [0.29, 0.717) is 24.3 Å². The smallest absolute Gasteiger partial charge is 0.277 e. The Morgan fingerprint density at radius 3 is 2.75 bits per heavy atom. The Kier molecular flexibility index (Phi) is 4.75. The molecule has 2 rings (SSSR count). The van der Waals surface area contributed by atoms with Crippen LogP contribution in [0.25, 0.3) is 0 Å². The first-order valence-corrected chi connectivity index (χ1v) is 6.61. The topological polar surface area (TPSA) is 110 Å². The van der Waals surface area contributed by atoms with E-state index in [2.05, 4.69) is 19.4 Å². The van der Waals surface area contributed by atoms with Crippen LogP contribution in [0.1, 0.15) is 20.8 Å². The van der Waals surface area contributed by atoms with Gasteiger partial charge in [-0.3, -0.25) is 9.59 Å². The Balaban J connectivity index is 2.15. The number of nitrogens with zero attached hydrogens (tertiary/aromatic N) is 2. The molecule has 0 fully saturated rings. The summed E-state index contributed by atoms with van der Waals surface area (Å²) in [5.74, 6) is -0.694. The molecule has 2 aromatic rings. The predicted molar refractivity (Wildman–Crippen MR) is 75.7 cm³/mol. The van der Waals surface area contributed by atoms with Crippen LogP contribution >= 0.6 is 11.7 Å². The van der Waals surface area contributed by atoms with E-state index in [1.807, 2.05) is 0 Å². The molecule has 0 bridgehead atoms. The second-order valence-corrected chi connectivity index (χ2v) is 4.39. The van der Waals surface area contributed by atoms with Crippen LogP contribution in [0.3, 0.4) is 0 Å². The molecule has 0 aliphatic rings. The van der Waals surface area contributed by atoms with Crippen LogP contribution in [0, 0.1) is 0 Å². The fourth-order valence-electron chi connectivity index (χ4n) is 1.52. The van der Waals surface area contributed by atoms with Gasteiger partial charge in [-0.2, -0.15) is 8.75 Å². The minimum atomic E-state index is -0.405. The third kappa shape index (κ3) is 3.37. The highest BCUT2D eigenvalue weighted by Crippen LogP contribution is 2.15. The van der Waals surface area contributed by atoms with Crippen molar-refractivity contribution in [3.63, 3.8) is 0 Å². The highest BCUT2D eigenvalue weighted by Gasteiger charge is 2.14. The molecule has 0 atom stereocenters. The molecule has 0 spiro atoms. The van der Waals surface area contributed by atoms with Crippen molar-refractivity contribution in [3.8, 4) is 0 Å².